The molecule has 1 aliphatic heterocycles. The fraction of sp³-hybridized carbons (Fsp3) is 0.750. The summed E-state index contributed by atoms with van der Waals surface area (Å²) in [5.41, 5.74) is 0. The average molecular weight is 190 g/mol. The molecule has 13 heavy (non-hydrogen) atoms. The molecule has 0 aliphatic carbocycles. The van der Waals surface area contributed by atoms with Crippen LogP contribution < -0.4 is 0 Å². The Morgan fingerprint density at radius 3 is 2.31 bits per heavy atom. The van der Waals surface area contributed by atoms with Crippen molar-refractivity contribution in [2.75, 3.05) is 0 Å². The van der Waals surface area contributed by atoms with Crippen molar-refractivity contribution in [1.29, 1.82) is 0 Å². The van der Waals surface area contributed by atoms with Crippen molar-refractivity contribution in [3.63, 3.8) is 0 Å². The third-order valence-electron chi connectivity index (χ3n) is 1.94. The molecule has 0 aromatic carbocycles. The standard InChI is InChI=1S/C8H14O5/c1-2-3-4(9)7-5(10)6(11)8(12)13-7/h3,5-12H,2H2,1H3/t5-,6+,7+,8?/m0/s1. The van der Waals surface area contributed by atoms with Crippen LogP contribution in [0.4, 0.5) is 0 Å². The molecule has 4 N–H and O–H groups in total. The summed E-state index contributed by atoms with van der Waals surface area (Å²) in [5, 5.41) is 36.7. The highest BCUT2D eigenvalue weighted by Gasteiger charge is 2.43. The molecule has 1 fully saturated rings. The number of hydrogen-bond donors (Lipinski definition) is 4. The molecule has 1 saturated heterocycles. The first-order chi connectivity index (χ1) is 6.07. The Balaban J connectivity index is 2.68. The van der Waals surface area contributed by atoms with Gasteiger partial charge in [-0.3, -0.25) is 0 Å². The van der Waals surface area contributed by atoms with Gasteiger partial charge in [0.25, 0.3) is 0 Å². The van der Waals surface area contributed by atoms with E-state index in [1.807, 2.05) is 6.92 Å². The zero-order chi connectivity index (χ0) is 10.0. The summed E-state index contributed by atoms with van der Waals surface area (Å²) in [6.07, 6.45) is -3.06. The minimum atomic E-state index is -1.44. The third-order valence-corrected chi connectivity index (χ3v) is 1.94. The van der Waals surface area contributed by atoms with Gasteiger partial charge in [-0.25, -0.2) is 0 Å². The number of aliphatic hydroxyl groups excluding tert-OH is 4. The zero-order valence-electron chi connectivity index (χ0n) is 7.29. The van der Waals surface area contributed by atoms with Crippen LogP contribution in [0.5, 0.6) is 0 Å². The van der Waals surface area contributed by atoms with E-state index in [0.717, 1.165) is 0 Å². The lowest BCUT2D eigenvalue weighted by Crippen LogP contribution is -2.33. The summed E-state index contributed by atoms with van der Waals surface area (Å²) < 4.78 is 4.74. The van der Waals surface area contributed by atoms with Crippen LogP contribution >= 0.6 is 0 Å². The summed E-state index contributed by atoms with van der Waals surface area (Å²) in [4.78, 5) is 0. The highest BCUT2D eigenvalue weighted by Crippen LogP contribution is 2.23. The summed E-state index contributed by atoms with van der Waals surface area (Å²) >= 11 is 0. The fourth-order valence-corrected chi connectivity index (χ4v) is 1.23. The van der Waals surface area contributed by atoms with Crippen molar-refractivity contribution in [2.45, 2.75) is 37.9 Å². The molecule has 1 aliphatic rings. The van der Waals surface area contributed by atoms with Gasteiger partial charge >= 0.3 is 0 Å². The third kappa shape index (κ3) is 2.00. The van der Waals surface area contributed by atoms with Gasteiger partial charge in [0.15, 0.2) is 6.29 Å². The topological polar surface area (TPSA) is 90.2 Å². The van der Waals surface area contributed by atoms with Gasteiger partial charge in [0.2, 0.25) is 0 Å². The van der Waals surface area contributed by atoms with Gasteiger partial charge in [0.05, 0.1) is 0 Å². The lowest BCUT2D eigenvalue weighted by atomic mass is 10.1. The molecule has 5 heteroatoms. The smallest absolute Gasteiger partial charge is 0.184 e. The number of allylic oxidation sites excluding steroid dienone is 1. The highest BCUT2D eigenvalue weighted by atomic mass is 16.6. The number of rotatable bonds is 2. The molecule has 0 aromatic rings. The minimum absolute atomic E-state index is 0.161. The van der Waals surface area contributed by atoms with Crippen LogP contribution in [0.2, 0.25) is 0 Å². The van der Waals surface area contributed by atoms with Gasteiger partial charge in [-0.2, -0.15) is 0 Å². The van der Waals surface area contributed by atoms with Gasteiger partial charge in [0.1, 0.15) is 24.1 Å². The molecule has 0 amide bonds. The van der Waals surface area contributed by atoms with Crippen LogP contribution in [0.3, 0.4) is 0 Å². The first-order valence-electron chi connectivity index (χ1n) is 4.16. The van der Waals surface area contributed by atoms with Crippen molar-refractivity contribution in [3.8, 4) is 0 Å². The quantitative estimate of drug-likeness (QED) is 0.431. The highest BCUT2D eigenvalue weighted by molar-refractivity contribution is 5.06. The van der Waals surface area contributed by atoms with E-state index >= 15 is 0 Å². The molecular weight excluding hydrogens is 176 g/mol. The lowest BCUT2D eigenvalue weighted by Gasteiger charge is -2.12. The summed E-state index contributed by atoms with van der Waals surface area (Å²) in [6, 6.07) is 0. The SMILES string of the molecule is CCC=C(O)[C@H]1OC(O)[C@H](O)[C@@H]1O. The molecule has 0 saturated carbocycles. The predicted molar refractivity (Wildman–Crippen MR) is 43.9 cm³/mol. The van der Waals surface area contributed by atoms with E-state index in [0.29, 0.717) is 6.42 Å². The Kier molecular flexibility index (Phi) is 3.27. The first-order valence-corrected chi connectivity index (χ1v) is 4.16. The van der Waals surface area contributed by atoms with Gasteiger partial charge in [-0.05, 0) is 12.5 Å². The second-order valence-corrected chi connectivity index (χ2v) is 2.97. The molecule has 76 valence electrons. The maximum Gasteiger partial charge on any atom is 0.184 e. The fourth-order valence-electron chi connectivity index (χ4n) is 1.23. The predicted octanol–water partition coefficient (Wildman–Crippen LogP) is -0.723. The van der Waals surface area contributed by atoms with Crippen molar-refractivity contribution in [3.05, 3.63) is 11.8 Å². The van der Waals surface area contributed by atoms with Crippen LogP contribution in [-0.4, -0.2) is 45.0 Å². The summed E-state index contributed by atoms with van der Waals surface area (Å²) in [7, 11) is 0. The number of aliphatic hydroxyl groups is 4. The van der Waals surface area contributed by atoms with Gasteiger partial charge < -0.3 is 25.2 Å². The normalized spacial score (nSPS) is 41.1. The second kappa shape index (κ2) is 4.06. The number of hydrogen-bond acceptors (Lipinski definition) is 5. The van der Waals surface area contributed by atoms with E-state index in [9.17, 15) is 10.2 Å². The van der Waals surface area contributed by atoms with Crippen LogP contribution in [0.15, 0.2) is 11.8 Å². The summed E-state index contributed by atoms with van der Waals surface area (Å²) in [6.45, 7) is 1.81. The van der Waals surface area contributed by atoms with Crippen molar-refractivity contribution >= 4 is 0 Å². The van der Waals surface area contributed by atoms with Gasteiger partial charge in [0, 0.05) is 0 Å². The Morgan fingerprint density at radius 2 is 1.92 bits per heavy atom. The van der Waals surface area contributed by atoms with Crippen LogP contribution in [0, 0.1) is 0 Å². The zero-order valence-corrected chi connectivity index (χ0v) is 7.29. The molecule has 0 radical (unpaired) electrons. The Labute approximate surface area is 75.9 Å². The van der Waals surface area contributed by atoms with E-state index in [2.05, 4.69) is 0 Å². The molecule has 1 heterocycles. The van der Waals surface area contributed by atoms with Crippen molar-refractivity contribution in [1.82, 2.24) is 0 Å². The molecule has 1 rings (SSSR count). The maximum absolute atomic E-state index is 9.31. The van der Waals surface area contributed by atoms with E-state index in [1.54, 1.807) is 0 Å². The molecular formula is C8H14O5. The molecule has 5 nitrogen and oxygen atoms in total. The largest absolute Gasteiger partial charge is 0.510 e. The van der Waals surface area contributed by atoms with E-state index < -0.39 is 24.6 Å². The van der Waals surface area contributed by atoms with Gasteiger partial charge in [-0.15, -0.1) is 0 Å². The van der Waals surface area contributed by atoms with E-state index in [1.165, 1.54) is 6.08 Å². The van der Waals surface area contributed by atoms with Crippen molar-refractivity contribution in [2.24, 2.45) is 0 Å². The van der Waals surface area contributed by atoms with Crippen LogP contribution in [0.25, 0.3) is 0 Å². The number of ether oxygens (including phenoxy) is 1. The Hall–Kier alpha value is -0.620. The monoisotopic (exact) mass is 190 g/mol. The Bertz CT molecular complexity index is 203. The van der Waals surface area contributed by atoms with Gasteiger partial charge in [-0.1, -0.05) is 6.92 Å². The molecule has 0 spiro atoms. The molecule has 4 atom stereocenters. The first kappa shape index (κ1) is 10.5. The van der Waals surface area contributed by atoms with Crippen molar-refractivity contribution < 1.29 is 25.2 Å². The Morgan fingerprint density at radius 1 is 1.31 bits per heavy atom. The molecule has 0 bridgehead atoms. The average Bonchev–Trinajstić information content (AvgIpc) is 2.33. The van der Waals surface area contributed by atoms with Crippen LogP contribution in [0.1, 0.15) is 13.3 Å². The summed E-state index contributed by atoms with van der Waals surface area (Å²) in [5.74, 6) is -0.161. The van der Waals surface area contributed by atoms with E-state index in [4.69, 9.17) is 14.9 Å². The molecule has 0 aromatic heterocycles. The second-order valence-electron chi connectivity index (χ2n) is 2.97. The molecule has 1 unspecified atom stereocenters. The lowest BCUT2D eigenvalue weighted by molar-refractivity contribution is -0.125. The van der Waals surface area contributed by atoms with Crippen LogP contribution in [-0.2, 0) is 4.74 Å². The van der Waals surface area contributed by atoms with E-state index in [-0.39, 0.29) is 5.76 Å². The minimum Gasteiger partial charge on any atom is -0.510 e. The maximum atomic E-state index is 9.31.